The van der Waals surface area contributed by atoms with Gasteiger partial charge in [-0.05, 0) is 77.9 Å². The number of benzene rings is 3. The SMILES string of the molecule is Cc1cc(C2C3=CCC4C(=O)N(Cc5cccs5)C(=O)C4C3CC3C(=O)C(c4ccccc4)=CC(=O)C32c2ccccc2)cc(C)c1O. The van der Waals surface area contributed by atoms with Crippen molar-refractivity contribution in [2.45, 2.75) is 44.6 Å². The summed E-state index contributed by atoms with van der Waals surface area (Å²) in [7, 11) is 0. The van der Waals surface area contributed by atoms with Crippen LogP contribution < -0.4 is 0 Å². The standard InChI is InChI=1S/C41H35NO5S/c1-23-18-26(19-24(2)37(23)44)36-29-15-16-30-35(40(47)42(39(30)46)22-28-14-9-17-48-28)32(29)20-33-38(45)31(25-10-5-3-6-11-25)21-34(43)41(33,36)27-12-7-4-8-13-27/h3-15,17-19,21,30,32-33,35-36,44H,16,20,22H2,1-2H3. The summed E-state index contributed by atoms with van der Waals surface area (Å²) in [6.45, 7) is 3.92. The third-order valence-corrected chi connectivity index (χ3v) is 12.1. The predicted molar refractivity (Wildman–Crippen MR) is 184 cm³/mol. The van der Waals surface area contributed by atoms with E-state index in [1.54, 1.807) is 0 Å². The van der Waals surface area contributed by atoms with Crippen molar-refractivity contribution in [3.8, 4) is 5.75 Å². The second kappa shape index (κ2) is 11.4. The number of phenols is 1. The molecule has 8 rings (SSSR count). The van der Waals surface area contributed by atoms with Crippen molar-refractivity contribution >= 4 is 40.3 Å². The normalized spacial score (nSPS) is 28.0. The van der Waals surface area contributed by atoms with Gasteiger partial charge in [0, 0.05) is 22.3 Å². The van der Waals surface area contributed by atoms with E-state index in [-0.39, 0.29) is 42.1 Å². The lowest BCUT2D eigenvalue weighted by Gasteiger charge is -2.55. The van der Waals surface area contributed by atoms with Crippen LogP contribution in [-0.4, -0.2) is 33.4 Å². The van der Waals surface area contributed by atoms with Crippen molar-refractivity contribution in [2.75, 3.05) is 0 Å². The van der Waals surface area contributed by atoms with Crippen molar-refractivity contribution in [3.63, 3.8) is 0 Å². The minimum Gasteiger partial charge on any atom is -0.507 e. The summed E-state index contributed by atoms with van der Waals surface area (Å²) in [6.07, 6.45) is 4.28. The summed E-state index contributed by atoms with van der Waals surface area (Å²) in [5.74, 6) is -3.41. The van der Waals surface area contributed by atoms with Crippen LogP contribution >= 0.6 is 11.3 Å². The fourth-order valence-corrected chi connectivity index (χ4v) is 9.88. The molecule has 6 unspecified atom stereocenters. The van der Waals surface area contributed by atoms with Crippen LogP contribution in [0.4, 0.5) is 0 Å². The van der Waals surface area contributed by atoms with E-state index >= 15 is 4.79 Å². The van der Waals surface area contributed by atoms with Gasteiger partial charge in [0.25, 0.3) is 0 Å². The van der Waals surface area contributed by atoms with Crippen molar-refractivity contribution in [2.24, 2.45) is 23.7 Å². The predicted octanol–water partition coefficient (Wildman–Crippen LogP) is 7.10. The number of ketones is 2. The molecule has 1 aliphatic heterocycles. The summed E-state index contributed by atoms with van der Waals surface area (Å²) in [6, 6.07) is 26.6. The number of allylic oxidation sites excluding steroid dienone is 4. The van der Waals surface area contributed by atoms with Crippen molar-refractivity contribution in [3.05, 3.63) is 141 Å². The first-order valence-corrected chi connectivity index (χ1v) is 17.4. The molecular formula is C41H35NO5S. The lowest BCUT2D eigenvalue weighted by molar-refractivity contribution is -0.141. The van der Waals surface area contributed by atoms with E-state index in [2.05, 4.69) is 6.08 Å². The van der Waals surface area contributed by atoms with E-state index in [0.29, 0.717) is 28.7 Å². The minimum absolute atomic E-state index is 0.129. The Morgan fingerprint density at radius 3 is 2.21 bits per heavy atom. The van der Waals surface area contributed by atoms with Gasteiger partial charge in [-0.1, -0.05) is 90.5 Å². The van der Waals surface area contributed by atoms with Gasteiger partial charge >= 0.3 is 0 Å². The highest BCUT2D eigenvalue weighted by molar-refractivity contribution is 7.09. The molecule has 2 heterocycles. The van der Waals surface area contributed by atoms with Crippen molar-refractivity contribution in [1.29, 1.82) is 0 Å². The van der Waals surface area contributed by atoms with Crippen LogP contribution in [0.25, 0.3) is 5.57 Å². The average Bonchev–Trinajstić information content (AvgIpc) is 3.71. The van der Waals surface area contributed by atoms with Crippen LogP contribution in [0, 0.1) is 37.5 Å². The fraction of sp³-hybridized carbons (Fsp3) is 0.268. The largest absolute Gasteiger partial charge is 0.507 e. The van der Waals surface area contributed by atoms with E-state index in [1.165, 1.54) is 22.3 Å². The number of aromatic hydroxyl groups is 1. The Morgan fingerprint density at radius 2 is 1.54 bits per heavy atom. The summed E-state index contributed by atoms with van der Waals surface area (Å²) in [5, 5.41) is 12.8. The van der Waals surface area contributed by atoms with Gasteiger partial charge in [-0.3, -0.25) is 24.1 Å². The smallest absolute Gasteiger partial charge is 0.234 e. The van der Waals surface area contributed by atoms with Crippen LogP contribution in [-0.2, 0) is 31.1 Å². The van der Waals surface area contributed by atoms with Gasteiger partial charge in [0.1, 0.15) is 5.75 Å². The Hall–Kier alpha value is -4.88. The third-order valence-electron chi connectivity index (χ3n) is 11.2. The first-order valence-electron chi connectivity index (χ1n) is 16.5. The molecule has 0 spiro atoms. The monoisotopic (exact) mass is 653 g/mol. The maximum absolute atomic E-state index is 15.1. The second-order valence-electron chi connectivity index (χ2n) is 13.6. The van der Waals surface area contributed by atoms with Gasteiger partial charge in [-0.2, -0.15) is 0 Å². The zero-order chi connectivity index (χ0) is 33.3. The molecule has 240 valence electrons. The molecule has 0 bridgehead atoms. The van der Waals surface area contributed by atoms with Crippen molar-refractivity contribution < 1.29 is 24.3 Å². The Bertz CT molecular complexity index is 2020. The number of aryl methyl sites for hydroxylation is 2. The summed E-state index contributed by atoms with van der Waals surface area (Å²) in [5.41, 5.74) is 3.61. The number of hydrogen-bond donors (Lipinski definition) is 1. The first-order chi connectivity index (χ1) is 23.2. The number of rotatable bonds is 5. The number of Topliss-reactive ketones (excluding diaryl/α,β-unsaturated/α-hetero) is 1. The third kappa shape index (κ3) is 4.37. The molecule has 48 heavy (non-hydrogen) atoms. The maximum atomic E-state index is 15.1. The fourth-order valence-electron chi connectivity index (χ4n) is 9.18. The minimum atomic E-state index is -1.29. The molecular weight excluding hydrogens is 619 g/mol. The van der Waals surface area contributed by atoms with Crippen LogP contribution in [0.3, 0.4) is 0 Å². The van der Waals surface area contributed by atoms with Gasteiger partial charge in [0.15, 0.2) is 11.6 Å². The number of likely N-dealkylation sites (tertiary alicyclic amines) is 1. The highest BCUT2D eigenvalue weighted by Gasteiger charge is 2.65. The number of amides is 2. The molecule has 1 aromatic heterocycles. The highest BCUT2D eigenvalue weighted by Crippen LogP contribution is 2.64. The molecule has 7 heteroatoms. The topological polar surface area (TPSA) is 91.8 Å². The Labute approximate surface area is 283 Å². The van der Waals surface area contributed by atoms with Gasteiger partial charge < -0.3 is 5.11 Å². The quantitative estimate of drug-likeness (QED) is 0.183. The van der Waals surface area contributed by atoms with Gasteiger partial charge in [0.2, 0.25) is 11.8 Å². The Kier molecular flexibility index (Phi) is 7.22. The molecule has 2 amide bonds. The van der Waals surface area contributed by atoms with E-state index in [9.17, 15) is 19.5 Å². The molecule has 3 aromatic carbocycles. The molecule has 1 saturated carbocycles. The summed E-state index contributed by atoms with van der Waals surface area (Å²) < 4.78 is 0. The molecule has 1 saturated heterocycles. The lowest BCUT2D eigenvalue weighted by Crippen LogP contribution is -2.58. The van der Waals surface area contributed by atoms with Crippen molar-refractivity contribution in [1.82, 2.24) is 4.90 Å². The number of fused-ring (bicyclic) bond motifs is 4. The van der Waals surface area contributed by atoms with Crippen LogP contribution in [0.2, 0.25) is 0 Å². The summed E-state index contributed by atoms with van der Waals surface area (Å²) >= 11 is 1.51. The Balaban J connectivity index is 1.36. The average molecular weight is 654 g/mol. The molecule has 6 nitrogen and oxygen atoms in total. The van der Waals surface area contributed by atoms with Crippen LogP contribution in [0.5, 0.6) is 5.75 Å². The lowest BCUT2D eigenvalue weighted by atomic mass is 9.44. The molecule has 4 aromatic rings. The van der Waals surface area contributed by atoms with Crippen LogP contribution in [0.1, 0.15) is 51.5 Å². The molecule has 6 atom stereocenters. The second-order valence-corrected chi connectivity index (χ2v) is 14.7. The van der Waals surface area contributed by atoms with Gasteiger partial charge in [-0.15, -0.1) is 11.3 Å². The van der Waals surface area contributed by atoms with Gasteiger partial charge in [0.05, 0.1) is 23.8 Å². The molecule has 1 N–H and O–H groups in total. The van der Waals surface area contributed by atoms with Gasteiger partial charge in [-0.25, -0.2) is 0 Å². The zero-order valence-electron chi connectivity index (χ0n) is 26.8. The number of nitrogens with zero attached hydrogens (tertiary/aromatic N) is 1. The maximum Gasteiger partial charge on any atom is 0.234 e. The van der Waals surface area contributed by atoms with E-state index < -0.39 is 35.0 Å². The molecule has 0 radical (unpaired) electrons. The number of carbonyl (C=O) groups excluding carboxylic acids is 4. The van der Waals surface area contributed by atoms with E-state index in [0.717, 1.165) is 21.6 Å². The Morgan fingerprint density at radius 1 is 0.854 bits per heavy atom. The number of phenolic OH excluding ortho intramolecular Hbond substituents is 1. The molecule has 3 aliphatic carbocycles. The zero-order valence-corrected chi connectivity index (χ0v) is 27.6. The van der Waals surface area contributed by atoms with Crippen LogP contribution in [0.15, 0.2) is 108 Å². The number of hydrogen-bond acceptors (Lipinski definition) is 6. The van der Waals surface area contributed by atoms with E-state index in [1.807, 2.05) is 104 Å². The molecule has 4 aliphatic rings. The number of carbonyl (C=O) groups is 4. The number of thiophene rings is 1. The van der Waals surface area contributed by atoms with E-state index in [4.69, 9.17) is 0 Å². The molecule has 2 fully saturated rings. The number of imide groups is 1. The highest BCUT2D eigenvalue weighted by atomic mass is 32.1. The first kappa shape index (κ1) is 30.5. The summed E-state index contributed by atoms with van der Waals surface area (Å²) in [4.78, 5) is 60.7.